The van der Waals surface area contributed by atoms with E-state index in [9.17, 15) is 9.59 Å². The first-order chi connectivity index (χ1) is 6.49. The number of rotatable bonds is 0. The van der Waals surface area contributed by atoms with Crippen LogP contribution in [0.1, 0.15) is 13.8 Å². The second-order valence-electron chi connectivity index (χ2n) is 3.80. The first kappa shape index (κ1) is 10.9. The average molecular weight is 201 g/mol. The van der Waals surface area contributed by atoms with Crippen molar-refractivity contribution in [3.63, 3.8) is 0 Å². The molecule has 0 atom stereocenters. The summed E-state index contributed by atoms with van der Waals surface area (Å²) in [4.78, 5) is 24.0. The van der Waals surface area contributed by atoms with Crippen LogP contribution in [0.2, 0.25) is 0 Å². The quantitative estimate of drug-likeness (QED) is 0.219. The minimum Gasteiger partial charge on any atom is -0.377 e. The molecule has 0 aromatic carbocycles. The first-order valence-corrected chi connectivity index (χ1v) is 4.39. The molecule has 0 spiro atoms. The van der Waals surface area contributed by atoms with Crippen molar-refractivity contribution in [3.8, 4) is 0 Å². The Bertz CT molecular complexity index is 252. The van der Waals surface area contributed by atoms with Gasteiger partial charge in [0.25, 0.3) is 0 Å². The number of morpholine rings is 1. The molecule has 80 valence electrons. The Morgan fingerprint density at radius 2 is 2.14 bits per heavy atom. The van der Waals surface area contributed by atoms with Crippen LogP contribution in [-0.2, 0) is 14.3 Å². The van der Waals surface area contributed by atoms with Gasteiger partial charge in [-0.15, -0.1) is 0 Å². The van der Waals surface area contributed by atoms with Gasteiger partial charge in [0, 0.05) is 6.54 Å². The third kappa shape index (κ3) is 2.02. The Kier molecular flexibility index (Phi) is 3.07. The largest absolute Gasteiger partial charge is 0.377 e. The van der Waals surface area contributed by atoms with Crippen LogP contribution in [0.3, 0.4) is 0 Å². The number of nitrogens with zero attached hydrogens (tertiary/aromatic N) is 1. The van der Waals surface area contributed by atoms with Gasteiger partial charge in [-0.1, -0.05) is 0 Å². The zero-order chi connectivity index (χ0) is 10.8. The molecular formula is C8H15N3O3. The van der Waals surface area contributed by atoms with Gasteiger partial charge in [-0.05, 0) is 13.8 Å². The maximum atomic E-state index is 11.5. The van der Waals surface area contributed by atoms with Gasteiger partial charge in [-0.2, -0.15) is 0 Å². The molecule has 0 bridgehead atoms. The van der Waals surface area contributed by atoms with E-state index in [0.717, 1.165) is 0 Å². The van der Waals surface area contributed by atoms with E-state index in [4.69, 9.17) is 10.6 Å². The van der Waals surface area contributed by atoms with E-state index in [1.54, 1.807) is 0 Å². The summed E-state index contributed by atoms with van der Waals surface area (Å²) in [6, 6.07) is 0. The monoisotopic (exact) mass is 201 g/mol. The summed E-state index contributed by atoms with van der Waals surface area (Å²) in [5.74, 6) is 3.49. The second kappa shape index (κ2) is 3.93. The molecule has 6 heteroatoms. The van der Waals surface area contributed by atoms with Crippen molar-refractivity contribution in [1.29, 1.82) is 0 Å². The van der Waals surface area contributed by atoms with E-state index in [0.29, 0.717) is 19.8 Å². The van der Waals surface area contributed by atoms with Crippen LogP contribution < -0.4 is 11.3 Å². The first-order valence-electron chi connectivity index (χ1n) is 4.39. The van der Waals surface area contributed by atoms with Gasteiger partial charge in [0.1, 0.15) is 0 Å². The summed E-state index contributed by atoms with van der Waals surface area (Å²) in [6.07, 6.45) is 0. The number of hydrogen-bond donors (Lipinski definition) is 2. The average Bonchev–Trinajstić information content (AvgIpc) is 2.15. The predicted molar refractivity (Wildman–Crippen MR) is 48.9 cm³/mol. The second-order valence-corrected chi connectivity index (χ2v) is 3.80. The van der Waals surface area contributed by atoms with Crippen molar-refractivity contribution >= 4 is 11.8 Å². The molecular weight excluding hydrogens is 186 g/mol. The Hall–Kier alpha value is -1.14. The molecule has 1 rings (SSSR count). The summed E-state index contributed by atoms with van der Waals surface area (Å²) in [5, 5.41) is 0. The molecule has 1 fully saturated rings. The number of nitrogens with two attached hydrogens (primary N) is 1. The Balaban J connectivity index is 2.74. The number of hydrogen-bond acceptors (Lipinski definition) is 4. The molecule has 0 saturated carbocycles. The Morgan fingerprint density at radius 3 is 2.64 bits per heavy atom. The lowest BCUT2D eigenvalue weighted by Crippen LogP contribution is -2.59. The fraction of sp³-hybridized carbons (Fsp3) is 0.750. The molecule has 14 heavy (non-hydrogen) atoms. The highest BCUT2D eigenvalue weighted by Gasteiger charge is 2.36. The fourth-order valence-corrected chi connectivity index (χ4v) is 1.42. The van der Waals surface area contributed by atoms with Crippen molar-refractivity contribution in [2.45, 2.75) is 19.4 Å². The molecule has 6 nitrogen and oxygen atoms in total. The van der Waals surface area contributed by atoms with Crippen molar-refractivity contribution in [3.05, 3.63) is 0 Å². The molecule has 0 aliphatic carbocycles. The molecule has 2 amide bonds. The van der Waals surface area contributed by atoms with Gasteiger partial charge >= 0.3 is 11.8 Å². The summed E-state index contributed by atoms with van der Waals surface area (Å²) in [7, 11) is 0. The molecule has 1 aliphatic heterocycles. The molecule has 1 heterocycles. The molecule has 0 radical (unpaired) electrons. The van der Waals surface area contributed by atoms with E-state index in [1.807, 2.05) is 19.3 Å². The van der Waals surface area contributed by atoms with Gasteiger partial charge < -0.3 is 9.64 Å². The van der Waals surface area contributed by atoms with E-state index in [1.165, 1.54) is 4.90 Å². The zero-order valence-electron chi connectivity index (χ0n) is 8.37. The van der Waals surface area contributed by atoms with Crippen LogP contribution in [0.4, 0.5) is 0 Å². The van der Waals surface area contributed by atoms with Crippen molar-refractivity contribution in [2.24, 2.45) is 5.84 Å². The molecule has 0 aromatic rings. The van der Waals surface area contributed by atoms with Gasteiger partial charge in [-0.3, -0.25) is 15.0 Å². The molecule has 1 aliphatic rings. The summed E-state index contributed by atoms with van der Waals surface area (Å²) in [6.45, 7) is 4.98. The molecule has 0 unspecified atom stereocenters. The number of amides is 2. The van der Waals surface area contributed by atoms with Gasteiger partial charge in [-0.25, -0.2) is 5.84 Å². The van der Waals surface area contributed by atoms with E-state index < -0.39 is 17.4 Å². The minimum atomic E-state index is -0.792. The smallest absolute Gasteiger partial charge is 0.323 e. The van der Waals surface area contributed by atoms with E-state index in [-0.39, 0.29) is 0 Å². The van der Waals surface area contributed by atoms with Crippen LogP contribution in [-0.4, -0.2) is 42.0 Å². The lowest BCUT2D eigenvalue weighted by molar-refractivity contribution is -0.156. The van der Waals surface area contributed by atoms with Gasteiger partial charge in [0.15, 0.2) is 0 Å². The normalized spacial score (nSPS) is 20.4. The van der Waals surface area contributed by atoms with Crippen molar-refractivity contribution in [1.82, 2.24) is 10.3 Å². The molecule has 0 aromatic heterocycles. The number of hydrazine groups is 1. The Morgan fingerprint density at radius 1 is 1.50 bits per heavy atom. The van der Waals surface area contributed by atoms with Crippen molar-refractivity contribution < 1.29 is 14.3 Å². The van der Waals surface area contributed by atoms with Gasteiger partial charge in [0.2, 0.25) is 0 Å². The van der Waals surface area contributed by atoms with E-state index >= 15 is 0 Å². The third-order valence-corrected chi connectivity index (χ3v) is 2.22. The molecule has 1 saturated heterocycles. The highest BCUT2D eigenvalue weighted by molar-refractivity contribution is 6.35. The highest BCUT2D eigenvalue weighted by atomic mass is 16.5. The predicted octanol–water partition coefficient (Wildman–Crippen LogP) is -1.39. The van der Waals surface area contributed by atoms with Crippen LogP contribution in [0.15, 0.2) is 0 Å². The highest BCUT2D eigenvalue weighted by Crippen LogP contribution is 2.18. The standard InChI is InChI=1S/C8H15N3O3/c1-8(2)5-14-4-3-11(8)7(13)6(12)10-9/h3-5,9H2,1-2H3,(H,10,12). The summed E-state index contributed by atoms with van der Waals surface area (Å²) < 4.78 is 5.22. The lowest BCUT2D eigenvalue weighted by Gasteiger charge is -2.41. The van der Waals surface area contributed by atoms with Crippen LogP contribution in [0.5, 0.6) is 0 Å². The van der Waals surface area contributed by atoms with E-state index in [2.05, 4.69) is 0 Å². The van der Waals surface area contributed by atoms with Crippen molar-refractivity contribution in [2.75, 3.05) is 19.8 Å². The lowest BCUT2D eigenvalue weighted by atomic mass is 10.0. The summed E-state index contributed by atoms with van der Waals surface area (Å²) >= 11 is 0. The number of carbonyl (C=O) groups is 2. The topological polar surface area (TPSA) is 84.7 Å². The molecule has 3 N–H and O–H groups in total. The number of ether oxygens (including phenoxy) is 1. The third-order valence-electron chi connectivity index (χ3n) is 2.22. The zero-order valence-corrected chi connectivity index (χ0v) is 8.37. The maximum Gasteiger partial charge on any atom is 0.323 e. The number of carbonyl (C=O) groups excluding carboxylic acids is 2. The maximum absolute atomic E-state index is 11.5. The van der Waals surface area contributed by atoms with Crippen LogP contribution >= 0.6 is 0 Å². The Labute approximate surface area is 82.3 Å². The minimum absolute atomic E-state index is 0.416. The summed E-state index contributed by atoms with van der Waals surface area (Å²) in [5.41, 5.74) is 1.37. The van der Waals surface area contributed by atoms with Crippen LogP contribution in [0, 0.1) is 0 Å². The SMILES string of the molecule is CC1(C)COCCN1C(=O)C(=O)NN. The van der Waals surface area contributed by atoms with Crippen LogP contribution in [0.25, 0.3) is 0 Å². The number of nitrogens with one attached hydrogen (secondary N) is 1. The van der Waals surface area contributed by atoms with Gasteiger partial charge in [0.05, 0.1) is 18.8 Å². The fourth-order valence-electron chi connectivity index (χ4n) is 1.42.